The Labute approximate surface area is 88.3 Å². The van der Waals surface area contributed by atoms with E-state index in [9.17, 15) is 9.66 Å². The molecule has 0 saturated heterocycles. The van der Waals surface area contributed by atoms with Crippen LogP contribution < -0.4 is 5.73 Å². The Balaban J connectivity index is 3.13. The maximum absolute atomic E-state index is 11.4. The first-order valence-electron chi connectivity index (χ1n) is 3.72. The number of anilines is 1. The zero-order valence-electron chi connectivity index (χ0n) is 7.08. The molecule has 0 heterocycles. The summed E-state index contributed by atoms with van der Waals surface area (Å²) in [6.45, 7) is 1.83. The third kappa shape index (κ3) is 2.30. The number of nitrogen functional groups attached to an aromatic ring is 1. The highest BCUT2D eigenvalue weighted by Gasteiger charge is 2.13. The molecule has 0 aliphatic heterocycles. The van der Waals surface area contributed by atoms with Gasteiger partial charge in [0.2, 0.25) is 0 Å². The van der Waals surface area contributed by atoms with Crippen LogP contribution in [0.2, 0.25) is 0 Å². The predicted molar refractivity (Wildman–Crippen MR) is 57.2 cm³/mol. The number of nitrogens with two attached hydrogens (primary N) is 1. The van der Waals surface area contributed by atoms with Gasteiger partial charge in [0.1, 0.15) is 5.75 Å². The lowest BCUT2D eigenvalue weighted by atomic mass is 10.3. The lowest BCUT2D eigenvalue weighted by molar-refractivity contribution is 0.474. The number of hydrogen-bond donors (Lipinski definition) is 2. The molecule has 1 aromatic rings. The van der Waals surface area contributed by atoms with Crippen LogP contribution in [-0.4, -0.2) is 15.4 Å². The number of phenols is 1. The molecule has 1 rings (SSSR count). The van der Waals surface area contributed by atoms with Gasteiger partial charge in [-0.15, -0.1) is 0 Å². The summed E-state index contributed by atoms with van der Waals surface area (Å²) in [5.74, 6) is 0.535. The molecule has 0 fully saturated rings. The average Bonchev–Trinajstić information content (AvgIpc) is 2.12. The first-order valence-corrected chi connectivity index (χ1v) is 5.83. The van der Waals surface area contributed by atoms with Crippen molar-refractivity contribution < 1.29 is 9.66 Å². The third-order valence-electron chi connectivity index (χ3n) is 1.59. The molecule has 1 unspecified atom stereocenters. The molecule has 5 heteroatoms. The Hall–Kier alpha value is -0.390. The summed E-state index contributed by atoms with van der Waals surface area (Å²) in [5, 5.41) is 9.31. The Bertz CT molecular complexity index is 296. The highest BCUT2D eigenvalue weighted by atomic mass is 79.9. The van der Waals surface area contributed by atoms with Crippen LogP contribution in [0.1, 0.15) is 6.92 Å². The van der Waals surface area contributed by atoms with E-state index in [1.165, 1.54) is 6.07 Å². The van der Waals surface area contributed by atoms with Crippen molar-refractivity contribution in [3.05, 3.63) is 16.6 Å². The second kappa shape index (κ2) is 4.21. The van der Waals surface area contributed by atoms with Crippen molar-refractivity contribution in [3.63, 3.8) is 0 Å². The van der Waals surface area contributed by atoms with Crippen molar-refractivity contribution in [2.24, 2.45) is 0 Å². The van der Waals surface area contributed by atoms with Crippen LogP contribution >= 0.6 is 15.9 Å². The minimum absolute atomic E-state index is 0.00291. The molecule has 0 amide bonds. The fourth-order valence-corrected chi connectivity index (χ4v) is 2.36. The van der Waals surface area contributed by atoms with Gasteiger partial charge in [0.15, 0.2) is 10.6 Å². The molecular weight excluding hydrogens is 254 g/mol. The minimum Gasteiger partial charge on any atom is -0.611 e. The summed E-state index contributed by atoms with van der Waals surface area (Å²) < 4.78 is 11.9. The van der Waals surface area contributed by atoms with Gasteiger partial charge in [-0.05, 0) is 34.0 Å². The van der Waals surface area contributed by atoms with Crippen LogP contribution in [0.25, 0.3) is 0 Å². The SMILES string of the molecule is CC[S+]([O-])c1cc(N)c(O)c(Br)c1. The smallest absolute Gasteiger partial charge is 0.156 e. The van der Waals surface area contributed by atoms with Gasteiger partial charge >= 0.3 is 0 Å². The van der Waals surface area contributed by atoms with Gasteiger partial charge in [0.25, 0.3) is 0 Å². The van der Waals surface area contributed by atoms with E-state index in [4.69, 9.17) is 5.73 Å². The van der Waals surface area contributed by atoms with Crippen molar-refractivity contribution in [2.75, 3.05) is 11.5 Å². The van der Waals surface area contributed by atoms with E-state index < -0.39 is 11.2 Å². The van der Waals surface area contributed by atoms with Crippen LogP contribution in [0.15, 0.2) is 21.5 Å². The van der Waals surface area contributed by atoms with E-state index in [1.54, 1.807) is 6.07 Å². The Morgan fingerprint density at radius 3 is 2.69 bits per heavy atom. The lowest BCUT2D eigenvalue weighted by Crippen LogP contribution is -2.04. The van der Waals surface area contributed by atoms with Gasteiger partial charge < -0.3 is 15.4 Å². The number of halogens is 1. The monoisotopic (exact) mass is 263 g/mol. The van der Waals surface area contributed by atoms with Crippen LogP contribution in [0.5, 0.6) is 5.75 Å². The Kier molecular flexibility index (Phi) is 3.47. The van der Waals surface area contributed by atoms with Gasteiger partial charge in [0.05, 0.1) is 10.2 Å². The van der Waals surface area contributed by atoms with Crippen molar-refractivity contribution in [1.82, 2.24) is 0 Å². The van der Waals surface area contributed by atoms with Crippen molar-refractivity contribution in [2.45, 2.75) is 11.8 Å². The Morgan fingerprint density at radius 2 is 2.23 bits per heavy atom. The highest BCUT2D eigenvalue weighted by molar-refractivity contribution is 9.10. The van der Waals surface area contributed by atoms with E-state index in [-0.39, 0.29) is 11.4 Å². The Morgan fingerprint density at radius 1 is 1.62 bits per heavy atom. The van der Waals surface area contributed by atoms with Crippen LogP contribution in [0, 0.1) is 0 Å². The zero-order valence-corrected chi connectivity index (χ0v) is 9.48. The first-order chi connectivity index (χ1) is 6.06. The van der Waals surface area contributed by atoms with Gasteiger partial charge in [-0.2, -0.15) is 0 Å². The normalized spacial score (nSPS) is 12.8. The number of hydrogen-bond acceptors (Lipinski definition) is 3. The second-order valence-electron chi connectivity index (χ2n) is 2.48. The molecule has 13 heavy (non-hydrogen) atoms. The quantitative estimate of drug-likeness (QED) is 0.486. The maximum atomic E-state index is 11.4. The summed E-state index contributed by atoms with van der Waals surface area (Å²) in [7, 11) is 0. The largest absolute Gasteiger partial charge is 0.611 e. The first kappa shape index (κ1) is 10.7. The molecule has 0 aliphatic carbocycles. The fourth-order valence-electron chi connectivity index (χ4n) is 0.893. The zero-order chi connectivity index (χ0) is 10.0. The number of rotatable bonds is 2. The molecule has 1 aromatic carbocycles. The van der Waals surface area contributed by atoms with Crippen LogP contribution in [-0.2, 0) is 11.2 Å². The summed E-state index contributed by atoms with van der Waals surface area (Å²) in [6.07, 6.45) is 0. The van der Waals surface area contributed by atoms with E-state index in [2.05, 4.69) is 15.9 Å². The number of aromatic hydroxyl groups is 1. The molecule has 0 aromatic heterocycles. The summed E-state index contributed by atoms with van der Waals surface area (Å²) in [5.41, 5.74) is 5.74. The van der Waals surface area contributed by atoms with Gasteiger partial charge in [-0.3, -0.25) is 0 Å². The van der Waals surface area contributed by atoms with Crippen molar-refractivity contribution in [3.8, 4) is 5.75 Å². The van der Waals surface area contributed by atoms with Crippen LogP contribution in [0.3, 0.4) is 0 Å². The van der Waals surface area contributed by atoms with Crippen molar-refractivity contribution >= 4 is 32.8 Å². The summed E-state index contributed by atoms with van der Waals surface area (Å²) >= 11 is 2.09. The summed E-state index contributed by atoms with van der Waals surface area (Å²) in [4.78, 5) is 0.629. The number of phenolic OH excluding ortho intramolecular Hbond substituents is 1. The van der Waals surface area contributed by atoms with Crippen molar-refractivity contribution in [1.29, 1.82) is 0 Å². The molecule has 0 spiro atoms. The predicted octanol–water partition coefficient (Wildman–Crippen LogP) is 1.86. The molecule has 0 bridgehead atoms. The van der Waals surface area contributed by atoms with E-state index in [1.807, 2.05) is 6.92 Å². The molecule has 0 aliphatic rings. The van der Waals surface area contributed by atoms with E-state index in [0.717, 1.165) is 0 Å². The molecule has 3 nitrogen and oxygen atoms in total. The van der Waals surface area contributed by atoms with E-state index in [0.29, 0.717) is 15.1 Å². The molecule has 0 radical (unpaired) electrons. The standard InChI is InChI=1S/C8H10BrNO2S/c1-2-13(12)5-3-6(9)8(11)7(10)4-5/h3-4,11H,2,10H2,1H3. The second-order valence-corrected chi connectivity index (χ2v) is 5.07. The third-order valence-corrected chi connectivity index (χ3v) is 3.48. The van der Waals surface area contributed by atoms with Gasteiger partial charge in [-0.25, -0.2) is 0 Å². The molecule has 0 saturated carbocycles. The molecule has 72 valence electrons. The summed E-state index contributed by atoms with van der Waals surface area (Å²) in [6, 6.07) is 3.14. The average molecular weight is 264 g/mol. The lowest BCUT2D eigenvalue weighted by Gasteiger charge is -2.09. The fraction of sp³-hybridized carbons (Fsp3) is 0.250. The molecule has 1 atom stereocenters. The molecule has 3 N–H and O–H groups in total. The number of benzene rings is 1. The van der Waals surface area contributed by atoms with E-state index >= 15 is 0 Å². The molecular formula is C8H10BrNO2S. The van der Waals surface area contributed by atoms with Crippen LogP contribution in [0.4, 0.5) is 5.69 Å². The minimum atomic E-state index is -1.04. The maximum Gasteiger partial charge on any atom is 0.156 e. The topological polar surface area (TPSA) is 69.3 Å². The van der Waals surface area contributed by atoms with Gasteiger partial charge in [0, 0.05) is 12.1 Å². The highest BCUT2D eigenvalue weighted by Crippen LogP contribution is 2.33. The van der Waals surface area contributed by atoms with Gasteiger partial charge in [-0.1, -0.05) is 0 Å².